The van der Waals surface area contributed by atoms with Crippen molar-refractivity contribution in [1.82, 2.24) is 0 Å². The summed E-state index contributed by atoms with van der Waals surface area (Å²) in [5, 5.41) is 3.44. The number of rotatable bonds is 4. The van der Waals surface area contributed by atoms with Crippen LogP contribution in [0.2, 0.25) is 0 Å². The van der Waals surface area contributed by atoms with Crippen molar-refractivity contribution in [1.29, 1.82) is 0 Å². The number of hydrogen-bond donors (Lipinski definition) is 1. The van der Waals surface area contributed by atoms with Crippen LogP contribution in [0, 0.1) is 0 Å². The first-order chi connectivity index (χ1) is 9.42. The number of hydrogen-bond acceptors (Lipinski definition) is 2. The van der Waals surface area contributed by atoms with Crippen molar-refractivity contribution < 1.29 is 0 Å². The van der Waals surface area contributed by atoms with Gasteiger partial charge in [0.2, 0.25) is 0 Å². The average molecular weight is 265 g/mol. The van der Waals surface area contributed by atoms with Gasteiger partial charge in [-0.2, -0.15) is 0 Å². The zero-order valence-electron chi connectivity index (χ0n) is 10.5. The maximum absolute atomic E-state index is 3.44. The third-order valence-corrected chi connectivity index (χ3v) is 4.09. The number of thiophene rings is 1. The SMILES string of the molecule is c1ccc(NCc2ccc(-c3ccccc3)s2)cc1. The predicted octanol–water partition coefficient (Wildman–Crippen LogP) is 5.03. The number of benzene rings is 2. The van der Waals surface area contributed by atoms with E-state index >= 15 is 0 Å². The molecule has 2 heteroatoms. The van der Waals surface area contributed by atoms with E-state index in [0.29, 0.717) is 0 Å². The zero-order chi connectivity index (χ0) is 12.9. The smallest absolute Gasteiger partial charge is 0.0494 e. The van der Waals surface area contributed by atoms with Gasteiger partial charge < -0.3 is 5.32 Å². The third kappa shape index (κ3) is 3.04. The molecule has 0 radical (unpaired) electrons. The lowest BCUT2D eigenvalue weighted by molar-refractivity contribution is 1.19. The Kier molecular flexibility index (Phi) is 3.61. The number of anilines is 1. The molecule has 1 aromatic heterocycles. The molecule has 0 amide bonds. The van der Waals surface area contributed by atoms with Crippen molar-refractivity contribution in [2.24, 2.45) is 0 Å². The van der Waals surface area contributed by atoms with E-state index < -0.39 is 0 Å². The van der Waals surface area contributed by atoms with Crippen LogP contribution in [-0.2, 0) is 6.54 Å². The molecule has 0 aliphatic heterocycles. The fourth-order valence-electron chi connectivity index (χ4n) is 1.98. The summed E-state index contributed by atoms with van der Waals surface area (Å²) >= 11 is 1.84. The Morgan fingerprint density at radius 2 is 1.42 bits per heavy atom. The first-order valence-corrected chi connectivity index (χ1v) is 7.16. The molecular formula is C17H15NS. The van der Waals surface area contributed by atoms with E-state index in [1.165, 1.54) is 15.3 Å². The normalized spacial score (nSPS) is 10.3. The molecule has 0 spiro atoms. The molecule has 0 fully saturated rings. The second-order valence-electron chi connectivity index (χ2n) is 4.35. The summed E-state index contributed by atoms with van der Waals surface area (Å²) in [4.78, 5) is 2.67. The molecule has 1 nitrogen and oxygen atoms in total. The Balaban J connectivity index is 1.69. The molecule has 1 heterocycles. The topological polar surface area (TPSA) is 12.0 Å². The van der Waals surface area contributed by atoms with E-state index in [2.05, 4.69) is 59.9 Å². The molecule has 0 aliphatic rings. The number of para-hydroxylation sites is 1. The maximum atomic E-state index is 3.44. The van der Waals surface area contributed by atoms with Crippen molar-refractivity contribution in [2.75, 3.05) is 5.32 Å². The second kappa shape index (κ2) is 5.72. The van der Waals surface area contributed by atoms with Gasteiger partial charge in [-0.05, 0) is 29.8 Å². The van der Waals surface area contributed by atoms with Gasteiger partial charge in [0, 0.05) is 22.0 Å². The standard InChI is InChI=1S/C17H15NS/c1-3-7-14(8-4-1)17-12-11-16(19-17)13-18-15-9-5-2-6-10-15/h1-12,18H,13H2. The molecule has 0 saturated heterocycles. The monoisotopic (exact) mass is 265 g/mol. The number of nitrogens with one attached hydrogen (secondary N) is 1. The summed E-state index contributed by atoms with van der Waals surface area (Å²) in [6.45, 7) is 0.877. The van der Waals surface area contributed by atoms with Gasteiger partial charge in [-0.1, -0.05) is 48.5 Å². The molecule has 1 N–H and O–H groups in total. The Morgan fingerprint density at radius 1 is 0.737 bits per heavy atom. The molecule has 0 unspecified atom stereocenters. The molecule has 2 aromatic carbocycles. The van der Waals surface area contributed by atoms with Crippen LogP contribution in [0.4, 0.5) is 5.69 Å². The van der Waals surface area contributed by atoms with Gasteiger partial charge in [-0.15, -0.1) is 11.3 Å². The quantitative estimate of drug-likeness (QED) is 0.698. The highest BCUT2D eigenvalue weighted by atomic mass is 32.1. The van der Waals surface area contributed by atoms with E-state index in [1.807, 2.05) is 29.5 Å². The van der Waals surface area contributed by atoms with Crippen molar-refractivity contribution in [3.63, 3.8) is 0 Å². The van der Waals surface area contributed by atoms with Crippen LogP contribution in [-0.4, -0.2) is 0 Å². The van der Waals surface area contributed by atoms with Crippen LogP contribution in [0.3, 0.4) is 0 Å². The second-order valence-corrected chi connectivity index (χ2v) is 5.52. The van der Waals surface area contributed by atoms with Gasteiger partial charge in [-0.25, -0.2) is 0 Å². The first-order valence-electron chi connectivity index (χ1n) is 6.35. The Labute approximate surface area is 117 Å². The molecule has 3 rings (SSSR count). The van der Waals surface area contributed by atoms with Crippen LogP contribution in [0.5, 0.6) is 0 Å². The lowest BCUT2D eigenvalue weighted by Crippen LogP contribution is -1.96. The summed E-state index contributed by atoms with van der Waals surface area (Å²) in [7, 11) is 0. The van der Waals surface area contributed by atoms with Gasteiger partial charge in [0.15, 0.2) is 0 Å². The molecule has 0 atom stereocenters. The first kappa shape index (κ1) is 12.0. The van der Waals surface area contributed by atoms with Gasteiger partial charge in [0.05, 0.1) is 0 Å². The lowest BCUT2D eigenvalue weighted by Gasteiger charge is -2.03. The Morgan fingerprint density at radius 3 is 2.16 bits per heavy atom. The summed E-state index contributed by atoms with van der Waals surface area (Å²) in [5.41, 5.74) is 2.45. The van der Waals surface area contributed by atoms with Crippen LogP contribution >= 0.6 is 11.3 Å². The van der Waals surface area contributed by atoms with Gasteiger partial charge in [0.1, 0.15) is 0 Å². The molecule has 19 heavy (non-hydrogen) atoms. The lowest BCUT2D eigenvalue weighted by atomic mass is 10.2. The minimum atomic E-state index is 0.877. The van der Waals surface area contributed by atoms with Crippen LogP contribution < -0.4 is 5.32 Å². The molecule has 0 saturated carbocycles. The highest BCUT2D eigenvalue weighted by Crippen LogP contribution is 2.28. The van der Waals surface area contributed by atoms with E-state index in [-0.39, 0.29) is 0 Å². The van der Waals surface area contributed by atoms with E-state index in [4.69, 9.17) is 0 Å². The largest absolute Gasteiger partial charge is 0.380 e. The van der Waals surface area contributed by atoms with Crippen LogP contribution in [0.1, 0.15) is 4.88 Å². The van der Waals surface area contributed by atoms with E-state index in [0.717, 1.165) is 12.2 Å². The third-order valence-electron chi connectivity index (χ3n) is 2.96. The molecular weight excluding hydrogens is 250 g/mol. The summed E-state index contributed by atoms with van der Waals surface area (Å²) in [6.07, 6.45) is 0. The molecule has 3 aromatic rings. The molecule has 0 bridgehead atoms. The van der Waals surface area contributed by atoms with Crippen molar-refractivity contribution in [2.45, 2.75) is 6.54 Å². The van der Waals surface area contributed by atoms with E-state index in [1.54, 1.807) is 0 Å². The van der Waals surface area contributed by atoms with Crippen LogP contribution in [0.25, 0.3) is 10.4 Å². The fourth-order valence-corrected chi connectivity index (χ4v) is 2.93. The van der Waals surface area contributed by atoms with Crippen LogP contribution in [0.15, 0.2) is 72.8 Å². The summed E-state index contributed by atoms with van der Waals surface area (Å²) in [5.74, 6) is 0. The zero-order valence-corrected chi connectivity index (χ0v) is 11.4. The van der Waals surface area contributed by atoms with Gasteiger partial charge in [-0.3, -0.25) is 0 Å². The summed E-state index contributed by atoms with van der Waals surface area (Å²) < 4.78 is 0. The van der Waals surface area contributed by atoms with Gasteiger partial charge >= 0.3 is 0 Å². The minimum Gasteiger partial charge on any atom is -0.380 e. The minimum absolute atomic E-state index is 0.877. The fraction of sp³-hybridized carbons (Fsp3) is 0.0588. The highest BCUT2D eigenvalue weighted by Gasteiger charge is 2.02. The maximum Gasteiger partial charge on any atom is 0.0494 e. The Bertz CT molecular complexity index is 629. The molecule has 0 aliphatic carbocycles. The van der Waals surface area contributed by atoms with Crippen molar-refractivity contribution in [3.05, 3.63) is 77.7 Å². The van der Waals surface area contributed by atoms with Crippen molar-refractivity contribution >= 4 is 17.0 Å². The van der Waals surface area contributed by atoms with Gasteiger partial charge in [0.25, 0.3) is 0 Å². The predicted molar refractivity (Wildman–Crippen MR) is 83.5 cm³/mol. The molecule has 94 valence electrons. The van der Waals surface area contributed by atoms with Crippen molar-refractivity contribution in [3.8, 4) is 10.4 Å². The average Bonchev–Trinajstić information content (AvgIpc) is 2.96. The summed E-state index contributed by atoms with van der Waals surface area (Å²) in [6, 6.07) is 25.2. The highest BCUT2D eigenvalue weighted by molar-refractivity contribution is 7.15. The van der Waals surface area contributed by atoms with E-state index in [9.17, 15) is 0 Å². The Hall–Kier alpha value is -2.06.